The Morgan fingerprint density at radius 3 is 1.95 bits per heavy atom. The third kappa shape index (κ3) is 4.36. The number of nitrogens with two attached hydrogens (primary N) is 1. The topological polar surface area (TPSA) is 141 Å². The van der Waals surface area contributed by atoms with Gasteiger partial charge in [-0.25, -0.2) is 23.3 Å². The highest BCUT2D eigenvalue weighted by atomic mass is 32.3. The SMILES string of the molecule is Nc1ncnc2c1ncn2[C@@H]1O[C@H](COC(c2ccccc2)(c2ccccc2)c2ccccc2)[C@H]2OS(=O)(=O)O[C@H]21. The standard InChI is InChI=1S/C29H25N5O6S/c30-26-23-27(32-17-31-26)34(18-33-23)28-25-24(39-41(35,36)40-25)22(38-28)16-37-29(19-10-4-1-5-11-19,20-12-6-2-7-13-20)21-14-8-3-9-15-21/h1-15,17-18,22,24-25,28H,16H2,(H2,30,31,32)/t22-,24-,25-,28-/m1/s1. The molecule has 0 unspecified atom stereocenters. The van der Waals surface area contributed by atoms with Crippen LogP contribution in [0, 0.1) is 0 Å². The van der Waals surface area contributed by atoms with Gasteiger partial charge in [-0.15, -0.1) is 0 Å². The van der Waals surface area contributed by atoms with Crippen molar-refractivity contribution in [3.05, 3.63) is 120 Å². The van der Waals surface area contributed by atoms with Crippen LogP contribution in [0.15, 0.2) is 104 Å². The quantitative estimate of drug-likeness (QED) is 0.289. The first-order valence-electron chi connectivity index (χ1n) is 13.0. The molecule has 0 amide bonds. The largest absolute Gasteiger partial charge is 0.400 e. The van der Waals surface area contributed by atoms with Gasteiger partial charge in [0.2, 0.25) is 0 Å². The highest BCUT2D eigenvalue weighted by Crippen LogP contribution is 2.44. The smallest absolute Gasteiger partial charge is 0.382 e. The molecule has 4 heterocycles. The summed E-state index contributed by atoms with van der Waals surface area (Å²) in [6, 6.07) is 29.6. The Kier molecular flexibility index (Phi) is 6.29. The second-order valence-electron chi connectivity index (χ2n) is 9.77. The lowest BCUT2D eigenvalue weighted by Crippen LogP contribution is -2.39. The Labute approximate surface area is 235 Å². The van der Waals surface area contributed by atoms with Gasteiger partial charge in [0.15, 0.2) is 23.8 Å². The Balaban J connectivity index is 1.29. The minimum atomic E-state index is -4.26. The fourth-order valence-electron chi connectivity index (χ4n) is 5.61. The molecular weight excluding hydrogens is 546 g/mol. The minimum Gasteiger partial charge on any atom is -0.382 e. The van der Waals surface area contributed by atoms with Gasteiger partial charge < -0.3 is 15.2 Å². The van der Waals surface area contributed by atoms with Gasteiger partial charge in [0.05, 0.1) is 12.9 Å². The van der Waals surface area contributed by atoms with Crippen molar-refractivity contribution in [1.29, 1.82) is 0 Å². The second kappa shape index (κ2) is 10.0. The summed E-state index contributed by atoms with van der Waals surface area (Å²) in [5.74, 6) is 0.192. The first-order chi connectivity index (χ1) is 20.0. The van der Waals surface area contributed by atoms with Gasteiger partial charge in [0.25, 0.3) is 0 Å². The van der Waals surface area contributed by atoms with Crippen molar-refractivity contribution in [1.82, 2.24) is 19.5 Å². The van der Waals surface area contributed by atoms with Crippen LogP contribution in [-0.2, 0) is 33.8 Å². The molecule has 4 atom stereocenters. The number of benzene rings is 3. The number of hydrogen-bond donors (Lipinski definition) is 1. The summed E-state index contributed by atoms with van der Waals surface area (Å²) in [4.78, 5) is 12.6. The van der Waals surface area contributed by atoms with Crippen LogP contribution >= 0.6 is 0 Å². The molecule has 2 saturated heterocycles. The molecule has 3 aromatic carbocycles. The Bertz CT molecular complexity index is 1690. The molecule has 0 aliphatic carbocycles. The van der Waals surface area contributed by atoms with Crippen LogP contribution in [0.3, 0.4) is 0 Å². The van der Waals surface area contributed by atoms with Crippen LogP contribution in [0.4, 0.5) is 5.82 Å². The van der Waals surface area contributed by atoms with E-state index in [1.54, 1.807) is 4.57 Å². The molecule has 41 heavy (non-hydrogen) atoms. The average molecular weight is 572 g/mol. The van der Waals surface area contributed by atoms with Gasteiger partial charge in [-0.1, -0.05) is 91.0 Å². The third-order valence-electron chi connectivity index (χ3n) is 7.41. The van der Waals surface area contributed by atoms with E-state index in [9.17, 15) is 8.42 Å². The molecule has 2 aromatic heterocycles. The number of nitrogen functional groups attached to an aromatic ring is 1. The maximum absolute atomic E-state index is 12.5. The molecule has 2 fully saturated rings. The second-order valence-corrected chi connectivity index (χ2v) is 11.0. The molecule has 2 aliphatic rings. The van der Waals surface area contributed by atoms with Crippen LogP contribution in [0.2, 0.25) is 0 Å². The van der Waals surface area contributed by atoms with Crippen molar-refractivity contribution in [2.24, 2.45) is 0 Å². The maximum atomic E-state index is 12.5. The molecule has 11 nitrogen and oxygen atoms in total. The zero-order valence-corrected chi connectivity index (χ0v) is 22.4. The van der Waals surface area contributed by atoms with E-state index < -0.39 is 40.5 Å². The molecule has 7 rings (SSSR count). The third-order valence-corrected chi connectivity index (χ3v) is 8.33. The summed E-state index contributed by atoms with van der Waals surface area (Å²) in [6.45, 7) is -0.0288. The summed E-state index contributed by atoms with van der Waals surface area (Å²) in [5.41, 5.74) is 8.36. The molecule has 0 spiro atoms. The van der Waals surface area contributed by atoms with Crippen molar-refractivity contribution in [2.75, 3.05) is 12.3 Å². The van der Waals surface area contributed by atoms with E-state index in [4.69, 9.17) is 23.6 Å². The normalized spacial score (nSPS) is 23.5. The summed E-state index contributed by atoms with van der Waals surface area (Å²) in [5, 5.41) is 0. The molecule has 0 bridgehead atoms. The van der Waals surface area contributed by atoms with Crippen molar-refractivity contribution < 1.29 is 26.3 Å². The fraction of sp³-hybridized carbons (Fsp3) is 0.207. The first-order valence-corrected chi connectivity index (χ1v) is 14.3. The summed E-state index contributed by atoms with van der Waals surface area (Å²) < 4.78 is 50.6. The number of fused-ring (bicyclic) bond motifs is 2. The van der Waals surface area contributed by atoms with Gasteiger partial charge in [0, 0.05) is 0 Å². The highest BCUT2D eigenvalue weighted by Gasteiger charge is 2.57. The van der Waals surface area contributed by atoms with Crippen LogP contribution in [-0.4, -0.2) is 52.9 Å². The van der Waals surface area contributed by atoms with Crippen molar-refractivity contribution in [3.63, 3.8) is 0 Å². The molecule has 208 valence electrons. The zero-order valence-electron chi connectivity index (χ0n) is 21.6. The number of hydrogen-bond acceptors (Lipinski definition) is 10. The van der Waals surface area contributed by atoms with E-state index >= 15 is 0 Å². The maximum Gasteiger partial charge on any atom is 0.400 e. The lowest BCUT2D eigenvalue weighted by molar-refractivity contribution is -0.0954. The predicted octanol–water partition coefficient (Wildman–Crippen LogP) is 3.34. The number of aromatic nitrogens is 4. The van der Waals surface area contributed by atoms with E-state index in [2.05, 4.69) is 15.0 Å². The molecule has 5 aromatic rings. The number of rotatable bonds is 7. The average Bonchev–Trinajstić information content (AvgIpc) is 3.67. The summed E-state index contributed by atoms with van der Waals surface area (Å²) in [7, 11) is -4.26. The van der Waals surface area contributed by atoms with E-state index in [0.717, 1.165) is 16.7 Å². The van der Waals surface area contributed by atoms with E-state index in [1.807, 2.05) is 91.0 Å². The van der Waals surface area contributed by atoms with Gasteiger partial charge in [-0.2, -0.15) is 8.42 Å². The molecule has 2 aliphatic heterocycles. The van der Waals surface area contributed by atoms with Crippen molar-refractivity contribution >= 4 is 27.4 Å². The van der Waals surface area contributed by atoms with Gasteiger partial charge >= 0.3 is 10.4 Å². The van der Waals surface area contributed by atoms with Crippen molar-refractivity contribution in [3.8, 4) is 0 Å². The lowest BCUT2D eigenvalue weighted by atomic mass is 9.80. The molecule has 0 radical (unpaired) electrons. The van der Waals surface area contributed by atoms with E-state index in [0.29, 0.717) is 11.2 Å². The van der Waals surface area contributed by atoms with E-state index in [-0.39, 0.29) is 12.4 Å². The monoisotopic (exact) mass is 571 g/mol. The van der Waals surface area contributed by atoms with Crippen LogP contribution in [0.5, 0.6) is 0 Å². The van der Waals surface area contributed by atoms with Crippen molar-refractivity contribution in [2.45, 2.75) is 30.1 Å². The fourth-order valence-corrected chi connectivity index (χ4v) is 6.64. The molecule has 0 saturated carbocycles. The van der Waals surface area contributed by atoms with Crippen LogP contribution < -0.4 is 5.73 Å². The summed E-state index contributed by atoms with van der Waals surface area (Å²) >= 11 is 0. The van der Waals surface area contributed by atoms with Gasteiger partial charge in [-0.05, 0) is 16.7 Å². The van der Waals surface area contributed by atoms with Crippen LogP contribution in [0.1, 0.15) is 22.9 Å². The first kappa shape index (κ1) is 25.7. The molecule has 12 heteroatoms. The van der Waals surface area contributed by atoms with Gasteiger partial charge in [0.1, 0.15) is 29.7 Å². The number of ether oxygens (including phenoxy) is 2. The molecule has 2 N–H and O–H groups in total. The number of nitrogens with zero attached hydrogens (tertiary/aromatic N) is 4. The number of imidazole rings is 1. The zero-order chi connectivity index (χ0) is 28.0. The van der Waals surface area contributed by atoms with Crippen LogP contribution in [0.25, 0.3) is 11.2 Å². The minimum absolute atomic E-state index is 0.0288. The highest BCUT2D eigenvalue weighted by molar-refractivity contribution is 7.82. The lowest BCUT2D eigenvalue weighted by Gasteiger charge is -2.37. The Morgan fingerprint density at radius 2 is 1.37 bits per heavy atom. The van der Waals surface area contributed by atoms with Gasteiger partial charge in [-0.3, -0.25) is 4.57 Å². The Morgan fingerprint density at radius 1 is 0.805 bits per heavy atom. The summed E-state index contributed by atoms with van der Waals surface area (Å²) in [6.07, 6.45) is -0.945. The molecular formula is C29H25N5O6S. The Hall–Kier alpha value is -4.20. The predicted molar refractivity (Wildman–Crippen MR) is 147 cm³/mol. The number of anilines is 1. The van der Waals surface area contributed by atoms with E-state index in [1.165, 1.54) is 12.7 Å².